The number of carboxylic acid groups (broad SMARTS) is 1. The number of nitrogens with zero attached hydrogens (tertiary/aromatic N) is 1. The molecule has 1 unspecified atom stereocenters. The SMILES string of the molecule is CCOC(COc1ccc(CC(=O)O)cc1OC)c1cccc(/C=C/c2ccc3ccc(Cl)cc3n2)c1. The van der Waals surface area contributed by atoms with Gasteiger partial charge in [0.05, 0.1) is 24.7 Å². The molecule has 4 aromatic rings. The van der Waals surface area contributed by atoms with Crippen molar-refractivity contribution >= 4 is 40.6 Å². The lowest BCUT2D eigenvalue weighted by molar-refractivity contribution is -0.136. The van der Waals surface area contributed by atoms with Crippen LogP contribution in [0.3, 0.4) is 0 Å². The zero-order valence-electron chi connectivity index (χ0n) is 20.7. The van der Waals surface area contributed by atoms with Crippen LogP contribution in [0.4, 0.5) is 0 Å². The fourth-order valence-electron chi connectivity index (χ4n) is 3.97. The summed E-state index contributed by atoms with van der Waals surface area (Å²) in [6.07, 6.45) is 3.59. The summed E-state index contributed by atoms with van der Waals surface area (Å²) >= 11 is 6.11. The molecule has 3 aromatic carbocycles. The molecule has 6 nitrogen and oxygen atoms in total. The van der Waals surface area contributed by atoms with E-state index in [1.54, 1.807) is 18.2 Å². The number of aliphatic carboxylic acids is 1. The normalized spacial score (nSPS) is 12.1. The lowest BCUT2D eigenvalue weighted by Gasteiger charge is -2.20. The molecule has 0 bridgehead atoms. The van der Waals surface area contributed by atoms with Gasteiger partial charge in [-0.2, -0.15) is 0 Å². The molecule has 1 heterocycles. The molecule has 0 aliphatic rings. The van der Waals surface area contributed by atoms with E-state index in [1.807, 2.05) is 67.6 Å². The second-order valence-corrected chi connectivity index (χ2v) is 8.82. The minimum Gasteiger partial charge on any atom is -0.493 e. The number of carbonyl (C=O) groups is 1. The van der Waals surface area contributed by atoms with E-state index in [-0.39, 0.29) is 19.1 Å². The molecule has 7 heteroatoms. The van der Waals surface area contributed by atoms with Gasteiger partial charge < -0.3 is 19.3 Å². The van der Waals surface area contributed by atoms with Crippen LogP contribution in [0.15, 0.2) is 72.8 Å². The quantitative estimate of drug-likeness (QED) is 0.234. The van der Waals surface area contributed by atoms with Crippen molar-refractivity contribution in [3.05, 3.63) is 100 Å². The Labute approximate surface area is 221 Å². The molecule has 4 rings (SSSR count). The molecule has 0 aliphatic heterocycles. The van der Waals surface area contributed by atoms with Crippen LogP contribution in [0.25, 0.3) is 23.1 Å². The highest BCUT2D eigenvalue weighted by Crippen LogP contribution is 2.30. The molecule has 0 amide bonds. The number of ether oxygens (including phenoxy) is 3. The van der Waals surface area contributed by atoms with Gasteiger partial charge in [0.1, 0.15) is 12.7 Å². The van der Waals surface area contributed by atoms with E-state index in [2.05, 4.69) is 11.1 Å². The molecule has 37 heavy (non-hydrogen) atoms. The largest absolute Gasteiger partial charge is 0.493 e. The Morgan fingerprint density at radius 3 is 2.65 bits per heavy atom. The predicted octanol–water partition coefficient (Wildman–Crippen LogP) is 6.85. The molecule has 0 fully saturated rings. The van der Waals surface area contributed by atoms with Gasteiger partial charge in [0.15, 0.2) is 11.5 Å². The van der Waals surface area contributed by atoms with E-state index in [0.717, 1.165) is 27.7 Å². The van der Waals surface area contributed by atoms with Crippen molar-refractivity contribution in [2.75, 3.05) is 20.3 Å². The molecule has 0 saturated carbocycles. The van der Waals surface area contributed by atoms with Crippen molar-refractivity contribution in [3.8, 4) is 11.5 Å². The maximum atomic E-state index is 11.0. The third kappa shape index (κ3) is 7.09. The van der Waals surface area contributed by atoms with E-state index in [0.29, 0.717) is 28.7 Å². The summed E-state index contributed by atoms with van der Waals surface area (Å²) in [5.41, 5.74) is 4.31. The van der Waals surface area contributed by atoms with E-state index < -0.39 is 5.97 Å². The van der Waals surface area contributed by atoms with Crippen molar-refractivity contribution in [3.63, 3.8) is 0 Å². The molecule has 0 spiro atoms. The van der Waals surface area contributed by atoms with Crippen molar-refractivity contribution in [2.45, 2.75) is 19.4 Å². The molecule has 1 aromatic heterocycles. The van der Waals surface area contributed by atoms with E-state index >= 15 is 0 Å². The molecule has 0 radical (unpaired) electrons. The topological polar surface area (TPSA) is 77.9 Å². The first-order valence-electron chi connectivity index (χ1n) is 11.9. The van der Waals surface area contributed by atoms with Gasteiger partial charge in [-0.1, -0.05) is 54.1 Å². The van der Waals surface area contributed by atoms with Gasteiger partial charge in [-0.05, 0) is 66.1 Å². The number of carboxylic acids is 1. The average molecular weight is 518 g/mol. The minimum atomic E-state index is -0.901. The number of rotatable bonds is 11. The fraction of sp³-hybridized carbons (Fsp3) is 0.200. The second kappa shape index (κ2) is 12.4. The van der Waals surface area contributed by atoms with Gasteiger partial charge in [0.2, 0.25) is 0 Å². The smallest absolute Gasteiger partial charge is 0.307 e. The first-order chi connectivity index (χ1) is 17.9. The van der Waals surface area contributed by atoms with Crippen LogP contribution in [0.5, 0.6) is 11.5 Å². The van der Waals surface area contributed by atoms with Gasteiger partial charge in [-0.3, -0.25) is 4.79 Å². The van der Waals surface area contributed by atoms with Crippen LogP contribution >= 0.6 is 11.6 Å². The molecular weight excluding hydrogens is 490 g/mol. The monoisotopic (exact) mass is 517 g/mol. The van der Waals surface area contributed by atoms with E-state index in [1.165, 1.54) is 7.11 Å². The van der Waals surface area contributed by atoms with Crippen LogP contribution in [0.1, 0.15) is 35.4 Å². The number of methoxy groups -OCH3 is 1. The third-order valence-corrected chi connectivity index (χ3v) is 5.98. The lowest BCUT2D eigenvalue weighted by Crippen LogP contribution is -2.14. The van der Waals surface area contributed by atoms with Gasteiger partial charge >= 0.3 is 5.97 Å². The standard InChI is InChI=1S/C30H28ClNO5/c1-3-36-29(19-37-27-14-8-21(17-30(33)34)16-28(27)35-2)23-6-4-5-20(15-23)7-12-25-13-10-22-9-11-24(31)18-26(22)32-25/h4-16,18,29H,3,17,19H2,1-2H3,(H,33,34)/b12-7+. The molecule has 190 valence electrons. The highest BCUT2D eigenvalue weighted by atomic mass is 35.5. The van der Waals surface area contributed by atoms with Crippen LogP contribution in [-0.2, 0) is 16.0 Å². The zero-order chi connectivity index (χ0) is 26.2. The summed E-state index contributed by atoms with van der Waals surface area (Å²) in [4.78, 5) is 15.7. The number of hydrogen-bond donors (Lipinski definition) is 1. The Balaban J connectivity index is 1.49. The summed E-state index contributed by atoms with van der Waals surface area (Å²) in [5.74, 6) is 0.108. The summed E-state index contributed by atoms with van der Waals surface area (Å²) in [5, 5.41) is 10.7. The number of benzene rings is 3. The van der Waals surface area contributed by atoms with E-state index in [9.17, 15) is 4.79 Å². The number of fused-ring (bicyclic) bond motifs is 1. The summed E-state index contributed by atoms with van der Waals surface area (Å²) in [6, 6.07) is 22.9. The van der Waals surface area contributed by atoms with Crippen molar-refractivity contribution in [2.24, 2.45) is 0 Å². The molecule has 1 atom stereocenters. The predicted molar refractivity (Wildman–Crippen MR) is 146 cm³/mol. The molecular formula is C30H28ClNO5. The fourth-order valence-corrected chi connectivity index (χ4v) is 4.13. The first-order valence-corrected chi connectivity index (χ1v) is 12.3. The second-order valence-electron chi connectivity index (χ2n) is 8.39. The van der Waals surface area contributed by atoms with Gasteiger partial charge in [-0.25, -0.2) is 4.98 Å². The van der Waals surface area contributed by atoms with Crippen LogP contribution in [-0.4, -0.2) is 36.4 Å². The Morgan fingerprint density at radius 2 is 1.86 bits per heavy atom. The van der Waals surface area contributed by atoms with Gasteiger partial charge in [0.25, 0.3) is 0 Å². The zero-order valence-corrected chi connectivity index (χ0v) is 21.4. The maximum Gasteiger partial charge on any atom is 0.307 e. The first kappa shape index (κ1) is 26.2. The lowest BCUT2D eigenvalue weighted by atomic mass is 10.1. The summed E-state index contributed by atoms with van der Waals surface area (Å²) < 4.78 is 17.4. The minimum absolute atomic E-state index is 0.0823. The van der Waals surface area contributed by atoms with Crippen molar-refractivity contribution < 1.29 is 24.1 Å². The van der Waals surface area contributed by atoms with Gasteiger partial charge in [-0.15, -0.1) is 0 Å². The average Bonchev–Trinajstić information content (AvgIpc) is 2.89. The Bertz CT molecular complexity index is 1420. The maximum absolute atomic E-state index is 11.0. The van der Waals surface area contributed by atoms with Crippen LogP contribution in [0.2, 0.25) is 5.02 Å². The highest BCUT2D eigenvalue weighted by Gasteiger charge is 2.15. The number of aromatic nitrogens is 1. The van der Waals surface area contributed by atoms with Crippen molar-refractivity contribution in [1.82, 2.24) is 4.98 Å². The van der Waals surface area contributed by atoms with Crippen LogP contribution < -0.4 is 9.47 Å². The summed E-state index contributed by atoms with van der Waals surface area (Å²) in [7, 11) is 1.53. The third-order valence-electron chi connectivity index (χ3n) is 5.75. The number of hydrogen-bond acceptors (Lipinski definition) is 5. The van der Waals surface area contributed by atoms with Gasteiger partial charge in [0, 0.05) is 17.0 Å². The Hall–Kier alpha value is -3.87. The Morgan fingerprint density at radius 1 is 1.03 bits per heavy atom. The summed E-state index contributed by atoms with van der Waals surface area (Å²) in [6.45, 7) is 2.73. The Kier molecular flexibility index (Phi) is 8.77. The van der Waals surface area contributed by atoms with Crippen molar-refractivity contribution in [1.29, 1.82) is 0 Å². The number of pyridine rings is 1. The molecule has 1 N–H and O–H groups in total. The molecule has 0 saturated heterocycles. The molecule has 0 aliphatic carbocycles. The number of halogens is 1. The highest BCUT2D eigenvalue weighted by molar-refractivity contribution is 6.31. The van der Waals surface area contributed by atoms with Crippen LogP contribution in [0, 0.1) is 0 Å². The van der Waals surface area contributed by atoms with E-state index in [4.69, 9.17) is 30.9 Å².